The van der Waals surface area contributed by atoms with Crippen molar-refractivity contribution in [3.8, 4) is 0 Å². The molecule has 0 radical (unpaired) electrons. The summed E-state index contributed by atoms with van der Waals surface area (Å²) in [6.45, 7) is 10.3. The molecule has 22 heavy (non-hydrogen) atoms. The first-order valence-electron chi connectivity index (χ1n) is 8.45. The van der Waals surface area contributed by atoms with Crippen LogP contribution in [-0.2, 0) is 9.59 Å². The van der Waals surface area contributed by atoms with Crippen molar-refractivity contribution in [2.75, 3.05) is 26.2 Å². The predicted molar refractivity (Wildman–Crippen MR) is 94.8 cm³/mol. The largest absolute Gasteiger partial charge is 0.341 e. The molecule has 0 aromatic carbocycles. The number of piperidine rings is 3. The lowest BCUT2D eigenvalue weighted by molar-refractivity contribution is -0.154. The van der Waals surface area contributed by atoms with Crippen LogP contribution in [0.4, 0.5) is 0 Å². The molecule has 0 aromatic rings. The second-order valence-electron chi connectivity index (χ2n) is 8.48. The molecule has 4 fully saturated rings. The minimum atomic E-state index is -0.203. The highest BCUT2D eigenvalue weighted by atomic mass is 127. The molecule has 0 spiro atoms. The summed E-state index contributed by atoms with van der Waals surface area (Å²) in [6.07, 6.45) is 3.92. The number of carbonyl (C=O) groups is 2. The van der Waals surface area contributed by atoms with Gasteiger partial charge in [-0.05, 0) is 65.5 Å². The van der Waals surface area contributed by atoms with Gasteiger partial charge in [0.1, 0.15) is 0 Å². The molecule has 1 saturated carbocycles. The molecule has 5 heteroatoms. The molecule has 1 amide bonds. The van der Waals surface area contributed by atoms with Gasteiger partial charge >= 0.3 is 0 Å². The van der Waals surface area contributed by atoms with Crippen LogP contribution in [0.3, 0.4) is 0 Å². The lowest BCUT2D eigenvalue weighted by atomic mass is 9.59. The Bertz CT molecular complexity index is 472. The number of halogens is 1. The van der Waals surface area contributed by atoms with E-state index in [0.717, 1.165) is 45.3 Å². The van der Waals surface area contributed by atoms with Gasteiger partial charge in [0.05, 0.1) is 5.41 Å². The SMILES string of the molecule is CC(C)(C)N1CCC(C(=O)N2CC3CC(C(=O)I)(C3)C2)CC1. The summed E-state index contributed by atoms with van der Waals surface area (Å²) in [6, 6.07) is 0. The van der Waals surface area contributed by atoms with Crippen molar-refractivity contribution in [2.45, 2.75) is 52.0 Å². The Kier molecular flexibility index (Phi) is 4.34. The van der Waals surface area contributed by atoms with E-state index in [1.54, 1.807) is 0 Å². The molecule has 3 saturated heterocycles. The molecule has 0 unspecified atom stereocenters. The van der Waals surface area contributed by atoms with E-state index in [1.165, 1.54) is 0 Å². The molecule has 4 nitrogen and oxygen atoms in total. The molecule has 0 N–H and O–H groups in total. The van der Waals surface area contributed by atoms with E-state index in [9.17, 15) is 9.59 Å². The monoisotopic (exact) mass is 418 g/mol. The minimum absolute atomic E-state index is 0.164. The normalized spacial score (nSPS) is 33.5. The van der Waals surface area contributed by atoms with Gasteiger partial charge in [0.15, 0.2) is 3.79 Å². The molecule has 3 heterocycles. The van der Waals surface area contributed by atoms with Crippen molar-refractivity contribution in [3.63, 3.8) is 0 Å². The van der Waals surface area contributed by atoms with Crippen molar-refractivity contribution in [3.05, 3.63) is 0 Å². The van der Waals surface area contributed by atoms with Gasteiger partial charge in [0.25, 0.3) is 0 Å². The van der Waals surface area contributed by atoms with E-state index in [4.69, 9.17) is 0 Å². The average molecular weight is 418 g/mol. The number of rotatable bonds is 2. The topological polar surface area (TPSA) is 40.6 Å². The van der Waals surface area contributed by atoms with Crippen molar-refractivity contribution >= 4 is 32.3 Å². The third-order valence-corrected chi connectivity index (χ3v) is 7.00. The second kappa shape index (κ2) is 5.72. The Morgan fingerprint density at radius 3 is 2.23 bits per heavy atom. The van der Waals surface area contributed by atoms with E-state index in [1.807, 2.05) is 27.5 Å². The zero-order chi connectivity index (χ0) is 16.1. The van der Waals surface area contributed by atoms with Crippen LogP contribution in [0.1, 0.15) is 46.5 Å². The predicted octanol–water partition coefficient (Wildman–Crippen LogP) is 2.70. The van der Waals surface area contributed by atoms with Gasteiger partial charge < -0.3 is 4.90 Å². The Balaban J connectivity index is 1.58. The number of hydrogen-bond acceptors (Lipinski definition) is 3. The Hall–Kier alpha value is -0.170. The van der Waals surface area contributed by atoms with Crippen LogP contribution < -0.4 is 0 Å². The zero-order valence-electron chi connectivity index (χ0n) is 13.9. The van der Waals surface area contributed by atoms with Crippen LogP contribution in [0, 0.1) is 17.3 Å². The molecule has 4 aliphatic rings. The van der Waals surface area contributed by atoms with E-state index in [-0.39, 0.29) is 20.7 Å². The average Bonchev–Trinajstić information content (AvgIpc) is 2.44. The second-order valence-corrected chi connectivity index (χ2v) is 9.46. The van der Waals surface area contributed by atoms with Crippen LogP contribution in [0.15, 0.2) is 0 Å². The maximum absolute atomic E-state index is 12.8. The fourth-order valence-corrected chi connectivity index (χ4v) is 5.10. The first-order valence-corrected chi connectivity index (χ1v) is 9.53. The summed E-state index contributed by atoms with van der Waals surface area (Å²) in [5, 5.41) is 0. The first kappa shape index (κ1) is 16.7. The van der Waals surface area contributed by atoms with Crippen molar-refractivity contribution in [1.29, 1.82) is 0 Å². The Morgan fingerprint density at radius 2 is 1.73 bits per heavy atom. The van der Waals surface area contributed by atoms with Crippen LogP contribution in [0.5, 0.6) is 0 Å². The van der Waals surface area contributed by atoms with Gasteiger partial charge in [-0.1, -0.05) is 0 Å². The Labute approximate surface area is 147 Å². The zero-order valence-corrected chi connectivity index (χ0v) is 16.1. The van der Waals surface area contributed by atoms with Crippen LogP contribution >= 0.6 is 22.6 Å². The van der Waals surface area contributed by atoms with Gasteiger partial charge in [0.2, 0.25) is 5.91 Å². The molecule has 124 valence electrons. The van der Waals surface area contributed by atoms with Crippen LogP contribution in [0.2, 0.25) is 0 Å². The minimum Gasteiger partial charge on any atom is -0.341 e. The van der Waals surface area contributed by atoms with Crippen molar-refractivity contribution in [2.24, 2.45) is 17.3 Å². The summed E-state index contributed by atoms with van der Waals surface area (Å²) < 4.78 is 0.251. The van der Waals surface area contributed by atoms with Crippen LogP contribution in [0.25, 0.3) is 0 Å². The first-order chi connectivity index (χ1) is 10.2. The molecule has 3 aliphatic heterocycles. The third kappa shape index (κ3) is 2.95. The maximum atomic E-state index is 12.8. The van der Waals surface area contributed by atoms with Gasteiger partial charge in [-0.3, -0.25) is 14.5 Å². The number of carbonyl (C=O) groups excluding carboxylic acids is 2. The van der Waals surface area contributed by atoms with Gasteiger partial charge in [-0.15, -0.1) is 0 Å². The van der Waals surface area contributed by atoms with E-state index in [2.05, 4.69) is 25.7 Å². The van der Waals surface area contributed by atoms with Gasteiger partial charge in [0, 0.05) is 47.1 Å². The summed E-state index contributed by atoms with van der Waals surface area (Å²) >= 11 is 1.93. The number of nitrogens with zero attached hydrogens (tertiary/aromatic N) is 2. The van der Waals surface area contributed by atoms with Crippen LogP contribution in [-0.4, -0.2) is 51.2 Å². The number of hydrogen-bond donors (Lipinski definition) is 0. The highest BCUT2D eigenvalue weighted by molar-refractivity contribution is 14.1. The molecule has 0 aromatic heterocycles. The number of fused-ring (bicyclic) bond motifs is 2. The molecular formula is C17H27IN2O2. The quantitative estimate of drug-likeness (QED) is 0.512. The fraction of sp³-hybridized carbons (Fsp3) is 0.882. The smallest absolute Gasteiger partial charge is 0.225 e. The number of amides is 1. The highest BCUT2D eigenvalue weighted by Crippen LogP contribution is 2.52. The van der Waals surface area contributed by atoms with Gasteiger partial charge in [-0.25, -0.2) is 0 Å². The van der Waals surface area contributed by atoms with Crippen molar-refractivity contribution in [1.82, 2.24) is 9.80 Å². The van der Waals surface area contributed by atoms with Crippen molar-refractivity contribution < 1.29 is 9.59 Å². The standard InChI is InChI=1S/C17H27IN2O2/c1-16(2,3)20-6-4-13(5-7-20)14(21)19-10-12-8-17(9-12,11-19)15(18)22/h12-13H,4-11H2,1-3H3. The Morgan fingerprint density at radius 1 is 1.14 bits per heavy atom. The summed E-state index contributed by atoms with van der Waals surface area (Å²) in [5.41, 5.74) is -0.0102. The summed E-state index contributed by atoms with van der Waals surface area (Å²) in [4.78, 5) is 29.2. The molecule has 0 atom stereocenters. The third-order valence-electron chi connectivity index (χ3n) is 5.85. The van der Waals surface area contributed by atoms with E-state index >= 15 is 0 Å². The number of likely N-dealkylation sites (tertiary alicyclic amines) is 1. The maximum Gasteiger partial charge on any atom is 0.225 e. The molecular weight excluding hydrogens is 391 g/mol. The summed E-state index contributed by atoms with van der Waals surface area (Å²) in [5.74, 6) is 1.03. The molecule has 4 rings (SSSR count). The van der Waals surface area contributed by atoms with E-state index < -0.39 is 0 Å². The van der Waals surface area contributed by atoms with Gasteiger partial charge in [-0.2, -0.15) is 0 Å². The highest BCUT2D eigenvalue weighted by Gasteiger charge is 2.55. The fourth-order valence-electron chi connectivity index (χ4n) is 4.49. The van der Waals surface area contributed by atoms with E-state index in [0.29, 0.717) is 18.4 Å². The summed E-state index contributed by atoms with van der Waals surface area (Å²) in [7, 11) is 0. The molecule has 1 aliphatic carbocycles. The lowest BCUT2D eigenvalue weighted by Crippen LogP contribution is -2.61. The lowest BCUT2D eigenvalue weighted by Gasteiger charge is -2.55. The molecule has 2 bridgehead atoms.